The van der Waals surface area contributed by atoms with Gasteiger partial charge in [-0.1, -0.05) is 213 Å². The number of aliphatic hydroxyl groups is 1. The first-order valence-corrected chi connectivity index (χ1v) is 21.4. The van der Waals surface area contributed by atoms with E-state index < -0.39 is 6.10 Å². The van der Waals surface area contributed by atoms with E-state index in [4.69, 9.17) is 9.47 Å². The molecule has 0 saturated heterocycles. The van der Waals surface area contributed by atoms with Gasteiger partial charge in [0, 0.05) is 12.8 Å². The molecular formula is C43H84O5. The summed E-state index contributed by atoms with van der Waals surface area (Å²) in [6.07, 6.45) is 41.6. The van der Waals surface area contributed by atoms with Crippen molar-refractivity contribution in [1.29, 1.82) is 0 Å². The topological polar surface area (TPSA) is 72.8 Å². The van der Waals surface area contributed by atoms with Crippen LogP contribution in [0.3, 0.4) is 0 Å². The van der Waals surface area contributed by atoms with E-state index in [-0.39, 0.29) is 25.2 Å². The quantitative estimate of drug-likeness (QED) is 0.0517. The van der Waals surface area contributed by atoms with Crippen molar-refractivity contribution >= 4 is 11.9 Å². The van der Waals surface area contributed by atoms with Crippen molar-refractivity contribution in [3.63, 3.8) is 0 Å². The van der Waals surface area contributed by atoms with Crippen LogP contribution in [0.5, 0.6) is 0 Å². The third-order valence-corrected chi connectivity index (χ3v) is 9.77. The monoisotopic (exact) mass is 681 g/mol. The van der Waals surface area contributed by atoms with Crippen LogP contribution in [-0.4, -0.2) is 36.4 Å². The van der Waals surface area contributed by atoms with E-state index in [1.807, 2.05) is 0 Å². The molecule has 0 aliphatic rings. The van der Waals surface area contributed by atoms with Crippen LogP contribution in [0.15, 0.2) is 0 Å². The lowest BCUT2D eigenvalue weighted by molar-refractivity contribution is -0.152. The van der Waals surface area contributed by atoms with Gasteiger partial charge >= 0.3 is 11.9 Å². The molecule has 0 aromatic rings. The minimum atomic E-state index is -0.955. The van der Waals surface area contributed by atoms with Crippen LogP contribution in [0.4, 0.5) is 0 Å². The van der Waals surface area contributed by atoms with Gasteiger partial charge in [-0.25, -0.2) is 0 Å². The first-order chi connectivity index (χ1) is 23.5. The number of esters is 2. The zero-order chi connectivity index (χ0) is 35.2. The zero-order valence-corrected chi connectivity index (χ0v) is 32.7. The summed E-state index contributed by atoms with van der Waals surface area (Å²) in [7, 11) is 0. The number of hydrogen-bond donors (Lipinski definition) is 1. The Bertz CT molecular complexity index is 664. The lowest BCUT2D eigenvalue weighted by atomic mass is 10.0. The largest absolute Gasteiger partial charge is 0.463 e. The fourth-order valence-electron chi connectivity index (χ4n) is 6.51. The lowest BCUT2D eigenvalue weighted by Crippen LogP contribution is -2.25. The van der Waals surface area contributed by atoms with E-state index in [1.54, 1.807) is 0 Å². The molecule has 1 N–H and O–H groups in total. The minimum Gasteiger partial charge on any atom is -0.463 e. The SMILES string of the molecule is CCCCCCCCCCCCCCCCCCCCC(=O)OC[C@H](O)COC(=O)CCCCCCCCCCCCCCCC(C)C. The van der Waals surface area contributed by atoms with Crippen molar-refractivity contribution in [2.24, 2.45) is 5.92 Å². The number of ether oxygens (including phenoxy) is 2. The number of carbonyl (C=O) groups excluding carboxylic acids is 2. The molecule has 0 aromatic heterocycles. The summed E-state index contributed by atoms with van der Waals surface area (Å²) in [5.41, 5.74) is 0. The molecule has 0 aliphatic heterocycles. The molecule has 0 unspecified atom stereocenters. The van der Waals surface area contributed by atoms with Crippen LogP contribution in [0.2, 0.25) is 0 Å². The third-order valence-electron chi connectivity index (χ3n) is 9.77. The molecule has 1 atom stereocenters. The molecule has 0 spiro atoms. The van der Waals surface area contributed by atoms with Gasteiger partial charge in [0.1, 0.15) is 19.3 Å². The average molecular weight is 681 g/mol. The molecule has 48 heavy (non-hydrogen) atoms. The second-order valence-electron chi connectivity index (χ2n) is 15.3. The van der Waals surface area contributed by atoms with Crippen LogP contribution in [-0.2, 0) is 19.1 Å². The fraction of sp³-hybridized carbons (Fsp3) is 0.953. The summed E-state index contributed by atoms with van der Waals surface area (Å²) < 4.78 is 10.4. The van der Waals surface area contributed by atoms with Crippen molar-refractivity contribution in [3.05, 3.63) is 0 Å². The van der Waals surface area contributed by atoms with Gasteiger partial charge in [-0.3, -0.25) is 9.59 Å². The first kappa shape index (κ1) is 46.9. The maximum absolute atomic E-state index is 12.0. The van der Waals surface area contributed by atoms with Crippen molar-refractivity contribution in [1.82, 2.24) is 0 Å². The van der Waals surface area contributed by atoms with Gasteiger partial charge in [-0.2, -0.15) is 0 Å². The second kappa shape index (κ2) is 38.7. The van der Waals surface area contributed by atoms with Crippen LogP contribution in [0.25, 0.3) is 0 Å². The molecule has 0 aromatic carbocycles. The maximum atomic E-state index is 12.0. The van der Waals surface area contributed by atoms with Crippen molar-refractivity contribution in [2.45, 2.75) is 245 Å². The van der Waals surface area contributed by atoms with E-state index in [1.165, 1.54) is 180 Å². The van der Waals surface area contributed by atoms with Crippen LogP contribution < -0.4 is 0 Å². The Hall–Kier alpha value is -1.10. The van der Waals surface area contributed by atoms with Crippen molar-refractivity contribution in [2.75, 3.05) is 13.2 Å². The Morgan fingerprint density at radius 1 is 0.417 bits per heavy atom. The summed E-state index contributed by atoms with van der Waals surface area (Å²) in [4.78, 5) is 24.0. The summed E-state index contributed by atoms with van der Waals surface area (Å²) in [6.45, 7) is 6.69. The second-order valence-corrected chi connectivity index (χ2v) is 15.3. The molecule has 0 rings (SSSR count). The smallest absolute Gasteiger partial charge is 0.305 e. The normalized spacial score (nSPS) is 12.1. The fourth-order valence-corrected chi connectivity index (χ4v) is 6.51. The van der Waals surface area contributed by atoms with Crippen LogP contribution in [0.1, 0.15) is 239 Å². The molecule has 0 fully saturated rings. The molecule has 0 radical (unpaired) electrons. The van der Waals surface area contributed by atoms with Gasteiger partial charge in [0.15, 0.2) is 0 Å². The van der Waals surface area contributed by atoms with Crippen molar-refractivity contribution < 1.29 is 24.2 Å². The standard InChI is InChI=1S/C43H84O5/c1-4-5-6-7-8-9-10-11-12-13-14-15-18-21-24-27-30-33-36-42(45)47-38-41(44)39-48-43(46)37-34-31-28-25-22-19-16-17-20-23-26-29-32-35-40(2)3/h40-41,44H,4-39H2,1-3H3/t41-/m0/s1. The summed E-state index contributed by atoms with van der Waals surface area (Å²) in [6, 6.07) is 0. The molecule has 0 heterocycles. The Morgan fingerprint density at radius 3 is 0.938 bits per heavy atom. The minimum absolute atomic E-state index is 0.108. The van der Waals surface area contributed by atoms with Gasteiger partial charge in [0.2, 0.25) is 0 Å². The Kier molecular flexibility index (Phi) is 37.8. The number of hydrogen-bond acceptors (Lipinski definition) is 5. The van der Waals surface area contributed by atoms with Gasteiger partial charge < -0.3 is 14.6 Å². The van der Waals surface area contributed by atoms with E-state index in [9.17, 15) is 14.7 Å². The third kappa shape index (κ3) is 39.3. The predicted molar refractivity (Wildman–Crippen MR) is 205 cm³/mol. The van der Waals surface area contributed by atoms with Gasteiger partial charge in [0.05, 0.1) is 0 Å². The molecule has 0 saturated carbocycles. The zero-order valence-electron chi connectivity index (χ0n) is 32.7. The highest BCUT2D eigenvalue weighted by molar-refractivity contribution is 5.69. The van der Waals surface area contributed by atoms with Gasteiger partial charge in [-0.05, 0) is 18.8 Å². The number of carbonyl (C=O) groups is 2. The van der Waals surface area contributed by atoms with Crippen LogP contribution in [0, 0.1) is 5.92 Å². The average Bonchev–Trinajstić information content (AvgIpc) is 3.07. The highest BCUT2D eigenvalue weighted by Crippen LogP contribution is 2.16. The Morgan fingerprint density at radius 2 is 0.667 bits per heavy atom. The van der Waals surface area contributed by atoms with Gasteiger partial charge in [-0.15, -0.1) is 0 Å². The molecule has 0 aliphatic carbocycles. The van der Waals surface area contributed by atoms with Crippen LogP contribution >= 0.6 is 0 Å². The maximum Gasteiger partial charge on any atom is 0.305 e. The highest BCUT2D eigenvalue weighted by atomic mass is 16.6. The molecule has 0 bridgehead atoms. The number of aliphatic hydroxyl groups excluding tert-OH is 1. The molecular weight excluding hydrogens is 596 g/mol. The summed E-state index contributed by atoms with van der Waals surface area (Å²) in [5.74, 6) is 0.299. The van der Waals surface area contributed by atoms with Crippen molar-refractivity contribution in [3.8, 4) is 0 Å². The Labute approximate surface area is 299 Å². The van der Waals surface area contributed by atoms with E-state index in [0.29, 0.717) is 12.8 Å². The molecule has 0 amide bonds. The molecule has 286 valence electrons. The summed E-state index contributed by atoms with van der Waals surface area (Å²) >= 11 is 0. The predicted octanol–water partition coefficient (Wildman–Crippen LogP) is 13.4. The van der Waals surface area contributed by atoms with E-state index in [2.05, 4.69) is 20.8 Å². The molecule has 5 heteroatoms. The van der Waals surface area contributed by atoms with Gasteiger partial charge in [0.25, 0.3) is 0 Å². The Balaban J connectivity index is 3.36. The summed E-state index contributed by atoms with van der Waals surface area (Å²) in [5, 5.41) is 10.0. The van der Waals surface area contributed by atoms with E-state index in [0.717, 1.165) is 31.6 Å². The molecule has 5 nitrogen and oxygen atoms in total. The highest BCUT2D eigenvalue weighted by Gasteiger charge is 2.12. The first-order valence-electron chi connectivity index (χ1n) is 21.4. The van der Waals surface area contributed by atoms with E-state index >= 15 is 0 Å². The lowest BCUT2D eigenvalue weighted by Gasteiger charge is -2.12. The number of rotatable bonds is 39. The number of unbranched alkanes of at least 4 members (excludes halogenated alkanes) is 29.